The van der Waals surface area contributed by atoms with Crippen molar-refractivity contribution in [3.8, 4) is 11.8 Å². The van der Waals surface area contributed by atoms with Gasteiger partial charge in [-0.25, -0.2) is 4.39 Å². The first-order valence-corrected chi connectivity index (χ1v) is 11.3. The number of hydrogen-bond acceptors (Lipinski definition) is 7. The van der Waals surface area contributed by atoms with E-state index in [1.807, 2.05) is 0 Å². The van der Waals surface area contributed by atoms with Crippen LogP contribution >= 0.6 is 11.8 Å². The quantitative estimate of drug-likeness (QED) is 0.437. The van der Waals surface area contributed by atoms with E-state index in [1.165, 1.54) is 31.4 Å². The SMILES string of the molecule is CCOC(=O)[C@@H]1C(=O)NC(SCC(=O)Nc2ccc(F)cc2)=C(C#N)[C@@H]1c1ccccc1OC. The predicted octanol–water partition coefficient (Wildman–Crippen LogP) is 3.33. The maximum atomic E-state index is 13.1. The van der Waals surface area contributed by atoms with Gasteiger partial charge in [-0.3, -0.25) is 14.4 Å². The summed E-state index contributed by atoms with van der Waals surface area (Å²) in [7, 11) is 1.45. The Balaban J connectivity index is 1.93. The molecule has 2 N–H and O–H groups in total. The first kappa shape index (κ1) is 24.8. The van der Waals surface area contributed by atoms with Gasteiger partial charge in [0.05, 0.1) is 36.1 Å². The number of amides is 2. The molecule has 2 aromatic carbocycles. The number of hydrogen-bond donors (Lipinski definition) is 2. The molecule has 0 radical (unpaired) electrons. The van der Waals surface area contributed by atoms with Crippen LogP contribution in [0.3, 0.4) is 0 Å². The smallest absolute Gasteiger partial charge is 0.319 e. The van der Waals surface area contributed by atoms with Crippen molar-refractivity contribution in [2.45, 2.75) is 12.8 Å². The normalized spacial score (nSPS) is 17.4. The van der Waals surface area contributed by atoms with Gasteiger partial charge >= 0.3 is 5.97 Å². The van der Waals surface area contributed by atoms with E-state index >= 15 is 0 Å². The van der Waals surface area contributed by atoms with Crippen molar-refractivity contribution < 1.29 is 28.2 Å². The van der Waals surface area contributed by atoms with E-state index in [4.69, 9.17) is 9.47 Å². The number of benzene rings is 2. The highest BCUT2D eigenvalue weighted by molar-refractivity contribution is 8.03. The first-order chi connectivity index (χ1) is 16.4. The lowest BCUT2D eigenvalue weighted by atomic mass is 9.78. The number of nitrogens with one attached hydrogen (secondary N) is 2. The molecular weight excluding hydrogens is 461 g/mol. The summed E-state index contributed by atoms with van der Waals surface area (Å²) < 4.78 is 23.6. The van der Waals surface area contributed by atoms with Crippen molar-refractivity contribution in [1.29, 1.82) is 5.26 Å². The molecule has 2 atom stereocenters. The highest BCUT2D eigenvalue weighted by Gasteiger charge is 2.45. The number of rotatable bonds is 8. The summed E-state index contributed by atoms with van der Waals surface area (Å²) in [6.07, 6.45) is 0. The topological polar surface area (TPSA) is 118 Å². The number of halogens is 1. The van der Waals surface area contributed by atoms with Gasteiger partial charge < -0.3 is 20.1 Å². The Labute approximate surface area is 200 Å². The molecule has 2 aromatic rings. The molecule has 0 bridgehead atoms. The van der Waals surface area contributed by atoms with E-state index in [0.29, 0.717) is 17.0 Å². The average molecular weight is 484 g/mol. The van der Waals surface area contributed by atoms with Crippen LogP contribution in [0.25, 0.3) is 0 Å². The van der Waals surface area contributed by atoms with E-state index in [-0.39, 0.29) is 23.0 Å². The molecule has 1 aliphatic rings. The van der Waals surface area contributed by atoms with Gasteiger partial charge in [0, 0.05) is 17.2 Å². The highest BCUT2D eigenvalue weighted by Crippen LogP contribution is 2.43. The van der Waals surface area contributed by atoms with Crippen LogP contribution in [0.4, 0.5) is 10.1 Å². The molecule has 0 aromatic heterocycles. The summed E-state index contributed by atoms with van der Waals surface area (Å²) in [5.41, 5.74) is 0.994. The summed E-state index contributed by atoms with van der Waals surface area (Å²) in [5.74, 6) is -4.25. The fraction of sp³-hybridized carbons (Fsp3) is 0.250. The zero-order valence-corrected chi connectivity index (χ0v) is 19.3. The molecule has 0 saturated heterocycles. The molecule has 1 aliphatic heterocycles. The lowest BCUT2D eigenvalue weighted by Crippen LogP contribution is -2.44. The molecule has 8 nitrogen and oxygen atoms in total. The number of methoxy groups -OCH3 is 1. The van der Waals surface area contributed by atoms with E-state index in [2.05, 4.69) is 16.7 Å². The van der Waals surface area contributed by atoms with Gasteiger partial charge in [-0.2, -0.15) is 5.26 Å². The molecule has 176 valence electrons. The van der Waals surface area contributed by atoms with Gasteiger partial charge in [0.15, 0.2) is 0 Å². The number of thioether (sulfide) groups is 1. The van der Waals surface area contributed by atoms with Crippen molar-refractivity contribution in [2.24, 2.45) is 5.92 Å². The van der Waals surface area contributed by atoms with Crippen molar-refractivity contribution >= 4 is 35.2 Å². The summed E-state index contributed by atoms with van der Waals surface area (Å²) in [6.45, 7) is 1.69. The van der Waals surface area contributed by atoms with Crippen LogP contribution in [0.2, 0.25) is 0 Å². The maximum Gasteiger partial charge on any atom is 0.319 e. The maximum absolute atomic E-state index is 13.1. The second kappa shape index (κ2) is 11.3. The second-order valence-electron chi connectivity index (χ2n) is 7.14. The van der Waals surface area contributed by atoms with Gasteiger partial charge in [0.1, 0.15) is 17.5 Å². The third-order valence-corrected chi connectivity index (χ3v) is 6.04. The number of anilines is 1. The Hall–Kier alpha value is -3.84. The zero-order valence-electron chi connectivity index (χ0n) is 18.5. The van der Waals surface area contributed by atoms with Crippen LogP contribution in [0, 0.1) is 23.1 Å². The van der Waals surface area contributed by atoms with E-state index in [0.717, 1.165) is 11.8 Å². The molecule has 34 heavy (non-hydrogen) atoms. The monoisotopic (exact) mass is 483 g/mol. The van der Waals surface area contributed by atoms with Crippen LogP contribution in [-0.2, 0) is 19.1 Å². The number of nitrogens with zero attached hydrogens (tertiary/aromatic N) is 1. The number of carbonyl (C=O) groups is 3. The Kier molecular flexibility index (Phi) is 8.27. The summed E-state index contributed by atoms with van der Waals surface area (Å²) in [5, 5.41) is 15.4. The predicted molar refractivity (Wildman–Crippen MR) is 124 cm³/mol. The molecule has 3 rings (SSSR count). The van der Waals surface area contributed by atoms with Gasteiger partial charge in [-0.1, -0.05) is 30.0 Å². The van der Waals surface area contributed by atoms with Crippen LogP contribution in [-0.4, -0.2) is 37.3 Å². The summed E-state index contributed by atoms with van der Waals surface area (Å²) >= 11 is 0.949. The number of carbonyl (C=O) groups excluding carboxylic acids is 3. The molecule has 0 saturated carbocycles. The number of allylic oxidation sites excluding steroid dienone is 1. The molecular formula is C24H22FN3O5S. The number of para-hydroxylation sites is 1. The van der Waals surface area contributed by atoms with Gasteiger partial charge in [0.2, 0.25) is 11.8 Å². The molecule has 0 unspecified atom stereocenters. The van der Waals surface area contributed by atoms with Crippen LogP contribution in [0.15, 0.2) is 59.1 Å². The minimum atomic E-state index is -1.30. The van der Waals surface area contributed by atoms with Gasteiger partial charge in [-0.15, -0.1) is 0 Å². The molecule has 10 heteroatoms. The second-order valence-corrected chi connectivity index (χ2v) is 8.12. The lowest BCUT2D eigenvalue weighted by molar-refractivity contribution is -0.152. The largest absolute Gasteiger partial charge is 0.496 e. The Morgan fingerprint density at radius 2 is 1.91 bits per heavy atom. The minimum Gasteiger partial charge on any atom is -0.496 e. The zero-order chi connectivity index (χ0) is 24.7. The molecule has 0 aliphatic carbocycles. The highest BCUT2D eigenvalue weighted by atomic mass is 32.2. The summed E-state index contributed by atoms with van der Waals surface area (Å²) in [4.78, 5) is 38.1. The van der Waals surface area contributed by atoms with Crippen LogP contribution in [0.5, 0.6) is 5.75 Å². The van der Waals surface area contributed by atoms with Crippen molar-refractivity contribution in [2.75, 3.05) is 24.8 Å². The number of ether oxygens (including phenoxy) is 2. The minimum absolute atomic E-state index is 0.0675. The number of nitriles is 1. The van der Waals surface area contributed by atoms with E-state index < -0.39 is 35.4 Å². The number of esters is 1. The van der Waals surface area contributed by atoms with Crippen molar-refractivity contribution in [3.63, 3.8) is 0 Å². The van der Waals surface area contributed by atoms with Crippen molar-refractivity contribution in [3.05, 3.63) is 70.5 Å². The fourth-order valence-electron chi connectivity index (χ4n) is 3.55. The molecule has 2 amide bonds. The lowest BCUT2D eigenvalue weighted by Gasteiger charge is -2.31. The Morgan fingerprint density at radius 3 is 2.56 bits per heavy atom. The molecule has 0 fully saturated rings. The van der Waals surface area contributed by atoms with Gasteiger partial charge in [0.25, 0.3) is 0 Å². The standard InChI is InChI=1S/C24H22FN3O5S/c1-3-33-24(31)21-20(16-6-4-5-7-18(16)32-2)17(12-26)23(28-22(21)30)34-13-19(29)27-15-10-8-14(25)9-11-15/h4-11,20-21H,3,13H2,1-2H3,(H,27,29)(H,28,30)/t20-,21-/m0/s1. The van der Waals surface area contributed by atoms with E-state index in [9.17, 15) is 24.0 Å². The Bertz CT molecular complexity index is 1160. The van der Waals surface area contributed by atoms with Crippen LogP contribution < -0.4 is 15.4 Å². The average Bonchev–Trinajstić information content (AvgIpc) is 2.83. The molecule has 1 heterocycles. The van der Waals surface area contributed by atoms with Crippen LogP contribution in [0.1, 0.15) is 18.4 Å². The van der Waals surface area contributed by atoms with Crippen molar-refractivity contribution in [1.82, 2.24) is 5.32 Å². The third kappa shape index (κ3) is 5.55. The van der Waals surface area contributed by atoms with Gasteiger partial charge in [-0.05, 0) is 37.3 Å². The third-order valence-electron chi connectivity index (χ3n) is 5.02. The Morgan fingerprint density at radius 1 is 1.21 bits per heavy atom. The van der Waals surface area contributed by atoms with E-state index in [1.54, 1.807) is 31.2 Å². The fourth-order valence-corrected chi connectivity index (χ4v) is 4.40. The first-order valence-electron chi connectivity index (χ1n) is 10.3. The summed E-state index contributed by atoms with van der Waals surface area (Å²) in [6, 6.07) is 14.1. The molecule has 0 spiro atoms.